The van der Waals surface area contributed by atoms with Gasteiger partial charge in [-0.2, -0.15) is 0 Å². The van der Waals surface area contributed by atoms with E-state index < -0.39 is 25.4 Å². The maximum absolute atomic E-state index is 7.54. The number of rotatable bonds is 6. The smallest absolute Gasteiger partial charge is 0.300 e. The molecule has 260 valence electrons. The predicted octanol–water partition coefficient (Wildman–Crippen LogP) is 13.4. The van der Waals surface area contributed by atoms with Gasteiger partial charge in [-0.15, -0.1) is 0 Å². The topological polar surface area (TPSA) is 27.7 Å². The van der Waals surface area contributed by atoms with Crippen molar-refractivity contribution < 1.29 is 13.6 Å². The molecule has 3 aliphatic rings. The lowest BCUT2D eigenvalue weighted by Gasteiger charge is -2.52. The molecule has 46 heavy (non-hydrogen) atoms. The van der Waals surface area contributed by atoms with Crippen molar-refractivity contribution in [3.63, 3.8) is 0 Å². The van der Waals surface area contributed by atoms with Gasteiger partial charge in [-0.3, -0.25) is 0 Å². The molecule has 0 aromatic rings. The molecule has 0 aliphatic heterocycles. The quantitative estimate of drug-likeness (QED) is 0.267. The van der Waals surface area contributed by atoms with Gasteiger partial charge in [0.05, 0.1) is 0 Å². The Bertz CT molecular complexity index is 1140. The highest BCUT2D eigenvalue weighted by Gasteiger charge is 2.54. The second kappa shape index (κ2) is 12.6. The van der Waals surface area contributed by atoms with Crippen molar-refractivity contribution in [3.05, 3.63) is 71.4 Å². The van der Waals surface area contributed by atoms with Crippen molar-refractivity contribution >= 4 is 8.60 Å². The van der Waals surface area contributed by atoms with E-state index >= 15 is 0 Å². The monoisotopic (exact) mass is 652 g/mol. The molecule has 3 atom stereocenters. The molecule has 3 aliphatic carbocycles. The second-order valence-electron chi connectivity index (χ2n) is 20.3. The molecule has 0 aromatic heterocycles. The van der Waals surface area contributed by atoms with Crippen LogP contribution in [0.5, 0.6) is 0 Å². The average Bonchev–Trinajstić information content (AvgIpc) is 2.85. The number of hydrogen-bond acceptors (Lipinski definition) is 3. The van der Waals surface area contributed by atoms with Crippen molar-refractivity contribution in [2.24, 2.45) is 32.5 Å². The highest BCUT2D eigenvalue weighted by Crippen LogP contribution is 2.63. The van der Waals surface area contributed by atoms with Crippen LogP contribution in [0.25, 0.3) is 0 Å². The molecule has 0 N–H and O–H groups in total. The van der Waals surface area contributed by atoms with Crippen LogP contribution in [0.1, 0.15) is 144 Å². The first kappa shape index (κ1) is 39.2. The van der Waals surface area contributed by atoms with E-state index in [1.165, 1.54) is 16.7 Å². The van der Waals surface area contributed by atoms with Crippen molar-refractivity contribution in [1.82, 2.24) is 0 Å². The zero-order valence-corrected chi connectivity index (χ0v) is 33.9. The Morgan fingerprint density at radius 3 is 0.804 bits per heavy atom. The van der Waals surface area contributed by atoms with Gasteiger partial charge in [-0.05, 0) is 86.7 Å². The van der Waals surface area contributed by atoms with Crippen LogP contribution in [-0.2, 0) is 13.6 Å². The van der Waals surface area contributed by atoms with Gasteiger partial charge in [0.25, 0.3) is 0 Å². The van der Waals surface area contributed by atoms with Gasteiger partial charge in [0, 0.05) is 0 Å². The Morgan fingerprint density at radius 2 is 0.630 bits per heavy atom. The van der Waals surface area contributed by atoms with Gasteiger partial charge in [0.15, 0.2) is 0 Å². The van der Waals surface area contributed by atoms with Crippen LogP contribution in [0.15, 0.2) is 71.4 Å². The molecule has 0 aromatic carbocycles. The lowest BCUT2D eigenvalue weighted by Crippen LogP contribution is -2.49. The summed E-state index contributed by atoms with van der Waals surface area (Å²) in [5.74, 6) is 0. The van der Waals surface area contributed by atoms with Crippen LogP contribution in [0.2, 0.25) is 0 Å². The van der Waals surface area contributed by atoms with E-state index in [0.29, 0.717) is 0 Å². The molecule has 4 heteroatoms. The first-order chi connectivity index (χ1) is 20.5. The van der Waals surface area contributed by atoms with Crippen molar-refractivity contribution in [3.8, 4) is 0 Å². The standard InChI is InChI=1S/C42H69O3P/c1-34(2,3)31-22-19-25-40(28-31,37(10,11)12)43-46(44-41(38(13,14)15)26-20-23-32(29-41)35(4,5)6)45-42(39(16,17)18)27-21-24-33(30-42)36(7,8)9/h19-24,28-30H,25-27H2,1-18H3. The molecule has 3 nitrogen and oxygen atoms in total. The molecule has 3 unspecified atom stereocenters. The van der Waals surface area contributed by atoms with Gasteiger partial charge >= 0.3 is 8.60 Å². The lowest BCUT2D eigenvalue weighted by molar-refractivity contribution is -0.0839. The highest BCUT2D eigenvalue weighted by atomic mass is 31.2. The van der Waals surface area contributed by atoms with Crippen molar-refractivity contribution in [1.29, 1.82) is 0 Å². The van der Waals surface area contributed by atoms with Gasteiger partial charge in [0.2, 0.25) is 0 Å². The van der Waals surface area contributed by atoms with Crippen molar-refractivity contribution in [2.45, 2.75) is 161 Å². The molecule has 0 fully saturated rings. The predicted molar refractivity (Wildman–Crippen MR) is 201 cm³/mol. The summed E-state index contributed by atoms with van der Waals surface area (Å²) in [6.45, 7) is 41.1. The summed E-state index contributed by atoms with van der Waals surface area (Å²) < 4.78 is 22.6. The fraction of sp³-hybridized carbons (Fsp3) is 0.714. The minimum absolute atomic E-state index is 0.0163. The van der Waals surface area contributed by atoms with E-state index in [2.05, 4.69) is 179 Å². The fourth-order valence-electron chi connectivity index (χ4n) is 6.18. The normalized spacial score (nSPS) is 29.0. The Morgan fingerprint density at radius 1 is 0.413 bits per heavy atom. The molecule has 0 saturated heterocycles. The highest BCUT2D eigenvalue weighted by molar-refractivity contribution is 7.41. The molecule has 0 saturated carbocycles. The third kappa shape index (κ3) is 8.30. The SMILES string of the molecule is CC(C)(C)C1=CC(OP(OC2(C(C)(C)C)C=C(C(C)(C)C)C=CC2)OC2(C(C)(C)C)C=C(C(C)(C)C)C=CC2)(C(C)(C)C)CC=C1. The Labute approximate surface area is 286 Å². The first-order valence-electron chi connectivity index (χ1n) is 17.5. The second-order valence-corrected chi connectivity index (χ2v) is 21.3. The van der Waals surface area contributed by atoms with Crippen LogP contribution in [0.4, 0.5) is 0 Å². The number of allylic oxidation sites excluding steroid dienone is 6. The fourth-order valence-corrected chi connectivity index (χ4v) is 8.29. The Balaban J connectivity index is 2.31. The van der Waals surface area contributed by atoms with Crippen molar-refractivity contribution in [2.75, 3.05) is 0 Å². The van der Waals surface area contributed by atoms with Crippen LogP contribution < -0.4 is 0 Å². The summed E-state index contributed by atoms with van der Waals surface area (Å²) in [5, 5.41) is 0. The van der Waals surface area contributed by atoms with Crippen LogP contribution in [-0.4, -0.2) is 16.8 Å². The van der Waals surface area contributed by atoms with E-state index in [9.17, 15) is 0 Å². The number of hydrogen-bond donors (Lipinski definition) is 0. The van der Waals surface area contributed by atoms with E-state index in [0.717, 1.165) is 19.3 Å². The third-order valence-electron chi connectivity index (χ3n) is 10.4. The minimum Gasteiger partial charge on any atom is -0.300 e. The summed E-state index contributed by atoms with van der Waals surface area (Å²) in [5.41, 5.74) is 1.30. The van der Waals surface area contributed by atoms with E-state index in [1.54, 1.807) is 0 Å². The largest absolute Gasteiger partial charge is 0.335 e. The molecular formula is C42H69O3P. The summed E-state index contributed by atoms with van der Waals surface area (Å²) in [4.78, 5) is 0. The zero-order chi connectivity index (χ0) is 35.4. The van der Waals surface area contributed by atoms with Gasteiger partial charge < -0.3 is 13.6 Å². The molecule has 0 radical (unpaired) electrons. The third-order valence-corrected chi connectivity index (χ3v) is 11.9. The molecule has 0 heterocycles. The van der Waals surface area contributed by atoms with Gasteiger partial charge in [-0.25, -0.2) is 0 Å². The summed E-state index contributed by atoms with van der Waals surface area (Å²) in [6, 6.07) is 0. The maximum atomic E-state index is 7.54. The molecule has 0 bridgehead atoms. The summed E-state index contributed by atoms with van der Waals surface area (Å²) in [6.07, 6.45) is 23.2. The average molecular weight is 653 g/mol. The van der Waals surface area contributed by atoms with Gasteiger partial charge in [-0.1, -0.05) is 161 Å². The minimum atomic E-state index is -1.87. The van der Waals surface area contributed by atoms with Crippen LogP contribution in [0.3, 0.4) is 0 Å². The van der Waals surface area contributed by atoms with E-state index in [-0.39, 0.29) is 32.5 Å². The molecule has 3 rings (SSSR count). The zero-order valence-electron chi connectivity index (χ0n) is 33.0. The lowest BCUT2D eigenvalue weighted by atomic mass is 9.69. The van der Waals surface area contributed by atoms with E-state index in [1.807, 2.05) is 0 Å². The molecular weight excluding hydrogens is 583 g/mol. The Kier molecular flexibility index (Phi) is 10.7. The molecule has 0 amide bonds. The maximum Gasteiger partial charge on any atom is 0.335 e. The molecule has 0 spiro atoms. The summed E-state index contributed by atoms with van der Waals surface area (Å²) in [7, 11) is -1.87. The van der Waals surface area contributed by atoms with Crippen LogP contribution in [0, 0.1) is 32.5 Å². The van der Waals surface area contributed by atoms with Gasteiger partial charge in [0.1, 0.15) is 16.8 Å². The van der Waals surface area contributed by atoms with Crippen LogP contribution >= 0.6 is 8.60 Å². The summed E-state index contributed by atoms with van der Waals surface area (Å²) >= 11 is 0. The first-order valence-corrected chi connectivity index (χ1v) is 18.6. The van der Waals surface area contributed by atoms with E-state index in [4.69, 9.17) is 13.6 Å². The Hall–Kier alpha value is -1.25.